The van der Waals surface area contributed by atoms with Gasteiger partial charge in [-0.1, -0.05) is 63.6 Å². The molecule has 0 aliphatic rings. The summed E-state index contributed by atoms with van der Waals surface area (Å²) in [6.07, 6.45) is 8.49. The summed E-state index contributed by atoms with van der Waals surface area (Å²) in [6.45, 7) is 4.22. The molecular formula is C16H29N2O2P. The molecule has 0 aromatic heterocycles. The highest BCUT2D eigenvalue weighted by Gasteiger charge is 2.20. The Balaban J connectivity index is 2.23. The van der Waals surface area contributed by atoms with Gasteiger partial charge in [0.1, 0.15) is 5.75 Å². The van der Waals surface area contributed by atoms with E-state index in [1.807, 2.05) is 25.1 Å². The van der Waals surface area contributed by atoms with Crippen molar-refractivity contribution in [2.45, 2.75) is 64.8 Å². The number of rotatable bonds is 11. The van der Waals surface area contributed by atoms with Crippen LogP contribution in [0.2, 0.25) is 0 Å². The van der Waals surface area contributed by atoms with Crippen LogP contribution in [-0.2, 0) is 4.57 Å². The Morgan fingerprint density at radius 1 is 1.14 bits per heavy atom. The number of nitrogens with one attached hydrogen (secondary N) is 1. The summed E-state index contributed by atoms with van der Waals surface area (Å²) < 4.78 is 17.6. The zero-order chi connectivity index (χ0) is 15.6. The van der Waals surface area contributed by atoms with Gasteiger partial charge >= 0.3 is 7.67 Å². The molecule has 2 unspecified atom stereocenters. The number of nitrogens with two attached hydrogens (primary N) is 1. The van der Waals surface area contributed by atoms with Crippen molar-refractivity contribution < 1.29 is 9.09 Å². The van der Waals surface area contributed by atoms with Crippen molar-refractivity contribution in [3.05, 3.63) is 30.3 Å². The highest BCUT2D eigenvalue weighted by molar-refractivity contribution is 7.54. The smallest absolute Gasteiger partial charge is 0.388 e. The van der Waals surface area contributed by atoms with Crippen molar-refractivity contribution in [1.82, 2.24) is 5.09 Å². The van der Waals surface area contributed by atoms with Gasteiger partial charge in [-0.15, -0.1) is 0 Å². The average Bonchev–Trinajstić information content (AvgIpc) is 2.42. The first-order valence-corrected chi connectivity index (χ1v) is 9.64. The normalized spacial score (nSPS) is 15.4. The van der Waals surface area contributed by atoms with Crippen LogP contribution in [0, 0.1) is 0 Å². The van der Waals surface area contributed by atoms with Crippen LogP contribution in [0.3, 0.4) is 0 Å². The highest BCUT2D eigenvalue weighted by Crippen LogP contribution is 2.35. The van der Waals surface area contributed by atoms with Crippen LogP contribution >= 0.6 is 7.67 Å². The highest BCUT2D eigenvalue weighted by atomic mass is 31.2. The second-order valence-corrected chi connectivity index (χ2v) is 7.22. The summed E-state index contributed by atoms with van der Waals surface area (Å²) in [5, 5.41) is 2.92. The fourth-order valence-electron chi connectivity index (χ4n) is 2.27. The minimum absolute atomic E-state index is 0.0933. The van der Waals surface area contributed by atoms with Gasteiger partial charge in [0, 0.05) is 6.04 Å². The van der Waals surface area contributed by atoms with E-state index in [0.29, 0.717) is 5.75 Å². The molecule has 0 saturated heterocycles. The molecule has 2 atom stereocenters. The minimum atomic E-state index is -3.29. The molecule has 5 heteroatoms. The van der Waals surface area contributed by atoms with Crippen molar-refractivity contribution in [3.8, 4) is 5.75 Å². The lowest BCUT2D eigenvalue weighted by Gasteiger charge is -2.20. The Morgan fingerprint density at radius 3 is 2.43 bits per heavy atom. The van der Waals surface area contributed by atoms with Gasteiger partial charge in [0.05, 0.1) is 0 Å². The molecular weight excluding hydrogens is 283 g/mol. The molecule has 21 heavy (non-hydrogen) atoms. The predicted octanol–water partition coefficient (Wildman–Crippen LogP) is 4.86. The molecule has 1 rings (SSSR count). The van der Waals surface area contributed by atoms with E-state index in [0.717, 1.165) is 12.8 Å². The van der Waals surface area contributed by atoms with Crippen molar-refractivity contribution in [3.63, 3.8) is 0 Å². The van der Waals surface area contributed by atoms with Crippen LogP contribution in [0.5, 0.6) is 5.75 Å². The summed E-state index contributed by atoms with van der Waals surface area (Å²) in [4.78, 5) is 0. The first kappa shape index (κ1) is 18.2. The fraction of sp³-hybridized carbons (Fsp3) is 0.625. The molecule has 0 saturated carbocycles. The maximum Gasteiger partial charge on any atom is 0.388 e. The molecule has 3 N–H and O–H groups in total. The molecule has 0 fully saturated rings. The standard InChI is InChI=1S/C16H29N2O2P/c1-3-4-5-6-7-9-12-15(2)18-21(17,19)20-16-13-10-8-11-14-16/h8,10-11,13-15H,3-7,9,12H2,1-2H3,(H3,17,18,19). The molecule has 0 spiro atoms. The Kier molecular flexibility index (Phi) is 8.67. The summed E-state index contributed by atoms with van der Waals surface area (Å²) in [5.41, 5.74) is 5.74. The van der Waals surface area contributed by atoms with E-state index >= 15 is 0 Å². The van der Waals surface area contributed by atoms with Gasteiger partial charge in [-0.2, -0.15) is 0 Å². The lowest BCUT2D eigenvalue weighted by molar-refractivity contribution is 0.445. The Labute approximate surface area is 129 Å². The fourth-order valence-corrected chi connectivity index (χ4v) is 3.50. The second-order valence-electron chi connectivity index (χ2n) is 5.59. The average molecular weight is 312 g/mol. The summed E-state index contributed by atoms with van der Waals surface area (Å²) in [6, 6.07) is 9.13. The SMILES string of the molecule is CCCCCCCCC(C)NP(N)(=O)Oc1ccccc1. The number of unbranched alkanes of at least 4 members (excludes halogenated alkanes) is 5. The van der Waals surface area contributed by atoms with Crippen LogP contribution < -0.4 is 15.1 Å². The second kappa shape index (κ2) is 9.99. The van der Waals surface area contributed by atoms with Crippen LogP contribution in [0.25, 0.3) is 0 Å². The largest absolute Gasteiger partial charge is 0.422 e. The third kappa shape index (κ3) is 8.92. The molecule has 4 nitrogen and oxygen atoms in total. The zero-order valence-electron chi connectivity index (χ0n) is 13.3. The van der Waals surface area contributed by atoms with E-state index in [1.54, 1.807) is 12.1 Å². The van der Waals surface area contributed by atoms with Gasteiger partial charge in [0.2, 0.25) is 0 Å². The number of hydrogen-bond donors (Lipinski definition) is 2. The third-order valence-corrected chi connectivity index (χ3v) is 4.66. The summed E-state index contributed by atoms with van der Waals surface area (Å²) in [5.74, 6) is 0.530. The minimum Gasteiger partial charge on any atom is -0.422 e. The van der Waals surface area contributed by atoms with Gasteiger partial charge in [0.15, 0.2) is 0 Å². The van der Waals surface area contributed by atoms with E-state index in [-0.39, 0.29) is 6.04 Å². The monoisotopic (exact) mass is 312 g/mol. The molecule has 1 aromatic carbocycles. The van der Waals surface area contributed by atoms with Crippen LogP contribution in [0.4, 0.5) is 0 Å². The third-order valence-electron chi connectivity index (χ3n) is 3.38. The number of hydrogen-bond acceptors (Lipinski definition) is 2. The Bertz CT molecular complexity index is 426. The topological polar surface area (TPSA) is 64.3 Å². The lowest BCUT2D eigenvalue weighted by Crippen LogP contribution is -2.29. The van der Waals surface area contributed by atoms with Crippen molar-refractivity contribution in [2.24, 2.45) is 5.50 Å². The molecule has 120 valence electrons. The van der Waals surface area contributed by atoms with Gasteiger partial charge in [-0.3, -0.25) is 0 Å². The quantitative estimate of drug-likeness (QED) is 0.452. The first-order chi connectivity index (χ1) is 10.0. The maximum absolute atomic E-state index is 12.2. The maximum atomic E-state index is 12.2. The molecule has 0 radical (unpaired) electrons. The van der Waals surface area contributed by atoms with Crippen LogP contribution in [-0.4, -0.2) is 6.04 Å². The Morgan fingerprint density at radius 2 is 1.76 bits per heavy atom. The molecule has 0 heterocycles. The van der Waals surface area contributed by atoms with Gasteiger partial charge in [-0.25, -0.2) is 15.2 Å². The van der Waals surface area contributed by atoms with E-state index in [4.69, 9.17) is 10.0 Å². The van der Waals surface area contributed by atoms with Gasteiger partial charge in [0.25, 0.3) is 0 Å². The van der Waals surface area contributed by atoms with E-state index in [1.165, 1.54) is 32.1 Å². The first-order valence-electron chi connectivity index (χ1n) is 7.94. The molecule has 0 aliphatic carbocycles. The van der Waals surface area contributed by atoms with Crippen LogP contribution in [0.15, 0.2) is 30.3 Å². The number of para-hydroxylation sites is 1. The summed E-state index contributed by atoms with van der Waals surface area (Å²) >= 11 is 0. The molecule has 1 aromatic rings. The summed E-state index contributed by atoms with van der Waals surface area (Å²) in [7, 11) is -3.29. The lowest BCUT2D eigenvalue weighted by atomic mass is 10.1. The van der Waals surface area contributed by atoms with E-state index in [9.17, 15) is 4.57 Å². The van der Waals surface area contributed by atoms with Crippen LogP contribution in [0.1, 0.15) is 58.8 Å². The van der Waals surface area contributed by atoms with Crippen molar-refractivity contribution in [2.75, 3.05) is 0 Å². The molecule has 0 bridgehead atoms. The van der Waals surface area contributed by atoms with E-state index < -0.39 is 7.67 Å². The van der Waals surface area contributed by atoms with Crippen molar-refractivity contribution >= 4 is 7.67 Å². The molecule has 0 aliphatic heterocycles. The van der Waals surface area contributed by atoms with Gasteiger partial charge < -0.3 is 4.52 Å². The van der Waals surface area contributed by atoms with E-state index in [2.05, 4.69) is 12.0 Å². The number of benzene rings is 1. The predicted molar refractivity (Wildman–Crippen MR) is 89.5 cm³/mol. The van der Waals surface area contributed by atoms with Crippen molar-refractivity contribution in [1.29, 1.82) is 0 Å². The molecule has 0 amide bonds. The van der Waals surface area contributed by atoms with Gasteiger partial charge in [-0.05, 0) is 25.5 Å². The Hall–Kier alpha value is -0.830. The zero-order valence-corrected chi connectivity index (χ0v) is 14.1.